The van der Waals surface area contributed by atoms with Crippen molar-refractivity contribution in [2.24, 2.45) is 0 Å². The molecule has 0 aliphatic heterocycles. The van der Waals surface area contributed by atoms with Crippen molar-refractivity contribution in [1.82, 2.24) is 15.0 Å². The quantitative estimate of drug-likeness (QED) is 0.665. The zero-order chi connectivity index (χ0) is 12.5. The number of halogens is 1. The van der Waals surface area contributed by atoms with Gasteiger partial charge in [-0.15, -0.1) is 0 Å². The first kappa shape index (κ1) is 13.9. The molecule has 0 saturated carbocycles. The smallest absolute Gasteiger partial charge is 0.228 e. The summed E-state index contributed by atoms with van der Waals surface area (Å²) in [6.07, 6.45) is 0. The Morgan fingerprint density at radius 2 is 1.41 bits per heavy atom. The number of nitrogens with one attached hydrogen (secondary N) is 2. The molecule has 0 aliphatic carbocycles. The van der Waals surface area contributed by atoms with Crippen LogP contribution in [0, 0.1) is 0 Å². The molecule has 0 amide bonds. The summed E-state index contributed by atoms with van der Waals surface area (Å²) in [5.74, 6) is 0.837. The van der Waals surface area contributed by atoms with Crippen LogP contribution in [0.3, 0.4) is 0 Å². The Bertz CT molecular complexity index is 311. The fourth-order valence-electron chi connectivity index (χ4n) is 1.04. The predicted octanol–water partition coefficient (Wildman–Crippen LogP) is 0.642. The molecule has 8 heteroatoms. The molecule has 0 bridgehead atoms. The molecule has 1 aromatic rings. The van der Waals surface area contributed by atoms with Crippen molar-refractivity contribution < 1.29 is 9.47 Å². The van der Waals surface area contributed by atoms with Gasteiger partial charge in [0.2, 0.25) is 17.2 Å². The third-order valence-electron chi connectivity index (χ3n) is 1.79. The molecular formula is C9H16ClN5O2. The Hall–Kier alpha value is -1.18. The van der Waals surface area contributed by atoms with Gasteiger partial charge in [0, 0.05) is 27.3 Å². The Balaban J connectivity index is 2.53. The minimum atomic E-state index is 0.139. The van der Waals surface area contributed by atoms with Crippen molar-refractivity contribution in [3.8, 4) is 0 Å². The van der Waals surface area contributed by atoms with Gasteiger partial charge in [-0.3, -0.25) is 0 Å². The molecule has 0 saturated heterocycles. The van der Waals surface area contributed by atoms with E-state index in [4.69, 9.17) is 21.1 Å². The molecule has 0 fully saturated rings. The topological polar surface area (TPSA) is 81.2 Å². The molecular weight excluding hydrogens is 246 g/mol. The van der Waals surface area contributed by atoms with E-state index in [0.717, 1.165) is 0 Å². The van der Waals surface area contributed by atoms with Crippen molar-refractivity contribution in [3.05, 3.63) is 5.28 Å². The van der Waals surface area contributed by atoms with Crippen LogP contribution in [0.15, 0.2) is 0 Å². The van der Waals surface area contributed by atoms with Crippen LogP contribution in [-0.4, -0.2) is 55.5 Å². The van der Waals surface area contributed by atoms with Gasteiger partial charge >= 0.3 is 0 Å². The van der Waals surface area contributed by atoms with Crippen LogP contribution in [0.2, 0.25) is 5.28 Å². The number of hydrogen-bond donors (Lipinski definition) is 2. The average Bonchev–Trinajstić information content (AvgIpc) is 2.29. The highest BCUT2D eigenvalue weighted by atomic mass is 35.5. The van der Waals surface area contributed by atoms with Crippen molar-refractivity contribution in [1.29, 1.82) is 0 Å². The summed E-state index contributed by atoms with van der Waals surface area (Å²) in [4.78, 5) is 12.0. The lowest BCUT2D eigenvalue weighted by Gasteiger charge is -2.07. The highest BCUT2D eigenvalue weighted by molar-refractivity contribution is 6.28. The normalized spacial score (nSPS) is 10.3. The van der Waals surface area contributed by atoms with Gasteiger partial charge in [0.15, 0.2) is 0 Å². The Morgan fingerprint density at radius 3 is 1.82 bits per heavy atom. The maximum absolute atomic E-state index is 5.77. The van der Waals surface area contributed by atoms with E-state index in [1.807, 2.05) is 0 Å². The second kappa shape index (κ2) is 7.99. The van der Waals surface area contributed by atoms with Crippen LogP contribution in [0.5, 0.6) is 0 Å². The minimum absolute atomic E-state index is 0.139. The first-order chi connectivity index (χ1) is 8.26. The number of hydrogen-bond acceptors (Lipinski definition) is 7. The largest absolute Gasteiger partial charge is 0.383 e. The second-order valence-corrected chi connectivity index (χ2v) is 3.43. The summed E-state index contributed by atoms with van der Waals surface area (Å²) in [7, 11) is 3.25. The number of methoxy groups -OCH3 is 2. The van der Waals surface area contributed by atoms with Gasteiger partial charge < -0.3 is 20.1 Å². The molecule has 17 heavy (non-hydrogen) atoms. The lowest BCUT2D eigenvalue weighted by atomic mass is 10.6. The van der Waals surface area contributed by atoms with E-state index in [1.165, 1.54) is 0 Å². The average molecular weight is 262 g/mol. The van der Waals surface area contributed by atoms with Gasteiger partial charge in [-0.1, -0.05) is 0 Å². The third-order valence-corrected chi connectivity index (χ3v) is 1.96. The minimum Gasteiger partial charge on any atom is -0.383 e. The molecule has 1 rings (SSSR count). The van der Waals surface area contributed by atoms with E-state index in [2.05, 4.69) is 25.6 Å². The summed E-state index contributed by atoms with van der Waals surface area (Å²) in [5.41, 5.74) is 0. The van der Waals surface area contributed by atoms with Crippen LogP contribution in [0.1, 0.15) is 0 Å². The van der Waals surface area contributed by atoms with Crippen LogP contribution < -0.4 is 10.6 Å². The maximum Gasteiger partial charge on any atom is 0.228 e. The van der Waals surface area contributed by atoms with Gasteiger partial charge in [0.25, 0.3) is 0 Å². The van der Waals surface area contributed by atoms with E-state index in [1.54, 1.807) is 14.2 Å². The highest BCUT2D eigenvalue weighted by Crippen LogP contribution is 2.08. The molecule has 7 nitrogen and oxygen atoms in total. The zero-order valence-electron chi connectivity index (χ0n) is 9.86. The number of rotatable bonds is 8. The predicted molar refractivity (Wildman–Crippen MR) is 65.6 cm³/mol. The first-order valence-electron chi connectivity index (χ1n) is 5.13. The fraction of sp³-hybridized carbons (Fsp3) is 0.667. The molecule has 96 valence electrons. The van der Waals surface area contributed by atoms with Crippen molar-refractivity contribution in [3.63, 3.8) is 0 Å². The summed E-state index contributed by atoms with van der Waals surface area (Å²) in [6, 6.07) is 0. The zero-order valence-corrected chi connectivity index (χ0v) is 10.6. The summed E-state index contributed by atoms with van der Waals surface area (Å²) >= 11 is 5.77. The molecule has 0 aliphatic rings. The van der Waals surface area contributed by atoms with Crippen LogP contribution in [0.4, 0.5) is 11.9 Å². The van der Waals surface area contributed by atoms with Crippen molar-refractivity contribution >= 4 is 23.5 Å². The standard InChI is InChI=1S/C9H16ClN5O2/c1-16-5-3-11-8-13-7(10)14-9(15-8)12-4-6-17-2/h3-6H2,1-2H3,(H2,11,12,13,14,15). The lowest BCUT2D eigenvalue weighted by molar-refractivity contribution is 0.210. The molecule has 0 unspecified atom stereocenters. The van der Waals surface area contributed by atoms with Gasteiger partial charge in [0.05, 0.1) is 13.2 Å². The molecule has 0 atom stereocenters. The van der Waals surface area contributed by atoms with E-state index >= 15 is 0 Å². The van der Waals surface area contributed by atoms with E-state index in [-0.39, 0.29) is 5.28 Å². The Labute approximate surface area is 105 Å². The van der Waals surface area contributed by atoms with Crippen LogP contribution in [0.25, 0.3) is 0 Å². The molecule has 1 aromatic heterocycles. The van der Waals surface area contributed by atoms with E-state index < -0.39 is 0 Å². The number of anilines is 2. The van der Waals surface area contributed by atoms with Crippen molar-refractivity contribution in [2.45, 2.75) is 0 Å². The second-order valence-electron chi connectivity index (χ2n) is 3.09. The molecule has 1 heterocycles. The Kier molecular flexibility index (Phi) is 6.53. The van der Waals surface area contributed by atoms with Gasteiger partial charge in [-0.2, -0.15) is 15.0 Å². The SMILES string of the molecule is COCCNc1nc(Cl)nc(NCCOC)n1. The molecule has 0 radical (unpaired) electrons. The number of nitrogens with zero attached hydrogens (tertiary/aromatic N) is 3. The Morgan fingerprint density at radius 1 is 0.941 bits per heavy atom. The first-order valence-corrected chi connectivity index (χ1v) is 5.51. The van der Waals surface area contributed by atoms with Crippen molar-refractivity contribution in [2.75, 3.05) is 51.2 Å². The summed E-state index contributed by atoms with van der Waals surface area (Å²) < 4.78 is 9.81. The van der Waals surface area contributed by atoms with Gasteiger partial charge in [-0.25, -0.2) is 0 Å². The molecule has 0 spiro atoms. The molecule has 2 N–H and O–H groups in total. The lowest BCUT2D eigenvalue weighted by Crippen LogP contribution is -2.14. The van der Waals surface area contributed by atoms with E-state index in [0.29, 0.717) is 38.2 Å². The van der Waals surface area contributed by atoms with Gasteiger partial charge in [-0.05, 0) is 11.6 Å². The van der Waals surface area contributed by atoms with Crippen LogP contribution in [-0.2, 0) is 9.47 Å². The maximum atomic E-state index is 5.77. The summed E-state index contributed by atoms with van der Waals surface area (Å²) in [5, 5.41) is 6.09. The highest BCUT2D eigenvalue weighted by Gasteiger charge is 2.03. The van der Waals surface area contributed by atoms with E-state index in [9.17, 15) is 0 Å². The molecule has 0 aromatic carbocycles. The third kappa shape index (κ3) is 5.62. The number of aromatic nitrogens is 3. The van der Waals surface area contributed by atoms with Crippen LogP contribution >= 0.6 is 11.6 Å². The monoisotopic (exact) mass is 261 g/mol. The number of ether oxygens (including phenoxy) is 2. The summed E-state index contributed by atoms with van der Waals surface area (Å²) in [6.45, 7) is 2.34. The van der Waals surface area contributed by atoms with Gasteiger partial charge in [0.1, 0.15) is 0 Å². The fourth-order valence-corrected chi connectivity index (χ4v) is 1.20.